The van der Waals surface area contributed by atoms with Crippen LogP contribution in [0.5, 0.6) is 0 Å². The van der Waals surface area contributed by atoms with Gasteiger partial charge < -0.3 is 5.32 Å². The molecule has 1 aromatic carbocycles. The third-order valence-electron chi connectivity index (χ3n) is 2.56. The van der Waals surface area contributed by atoms with Crippen LogP contribution in [0.15, 0.2) is 30.3 Å². The Kier molecular flexibility index (Phi) is 2.64. The van der Waals surface area contributed by atoms with Crippen molar-refractivity contribution < 1.29 is 4.39 Å². The number of halogens is 1. The molecule has 1 atom stereocenters. The number of nitrogens with one attached hydrogen (secondary N) is 1. The van der Waals surface area contributed by atoms with Crippen molar-refractivity contribution in [3.63, 3.8) is 0 Å². The molecule has 1 aliphatic rings. The first-order valence-corrected chi connectivity index (χ1v) is 4.94. The molecule has 0 saturated heterocycles. The van der Waals surface area contributed by atoms with Gasteiger partial charge in [-0.15, -0.1) is 0 Å². The predicted molar refractivity (Wildman–Crippen MR) is 56.5 cm³/mol. The summed E-state index contributed by atoms with van der Waals surface area (Å²) in [5, 5.41) is 3.30. The van der Waals surface area contributed by atoms with E-state index in [0.717, 1.165) is 24.1 Å². The zero-order valence-electron chi connectivity index (χ0n) is 8.26. The quantitative estimate of drug-likeness (QED) is 0.719. The molecule has 0 saturated carbocycles. The van der Waals surface area contributed by atoms with Crippen LogP contribution in [0.3, 0.4) is 0 Å². The fourth-order valence-electron chi connectivity index (χ4n) is 1.81. The molecule has 2 heteroatoms. The van der Waals surface area contributed by atoms with Gasteiger partial charge in [0.1, 0.15) is 5.82 Å². The summed E-state index contributed by atoms with van der Waals surface area (Å²) in [6.45, 7) is 2.96. The molecule has 0 aliphatic carbocycles. The van der Waals surface area contributed by atoms with Gasteiger partial charge in [-0.3, -0.25) is 0 Å². The van der Waals surface area contributed by atoms with Gasteiger partial charge in [0, 0.05) is 18.2 Å². The van der Waals surface area contributed by atoms with Gasteiger partial charge in [-0.25, -0.2) is 4.39 Å². The lowest BCUT2D eigenvalue weighted by atomic mass is 9.96. The Bertz CT molecular complexity index is 357. The van der Waals surface area contributed by atoms with E-state index in [1.807, 2.05) is 12.1 Å². The molecule has 1 aliphatic heterocycles. The zero-order chi connectivity index (χ0) is 9.97. The fourth-order valence-corrected chi connectivity index (χ4v) is 1.81. The van der Waals surface area contributed by atoms with E-state index in [0.29, 0.717) is 6.04 Å². The van der Waals surface area contributed by atoms with E-state index < -0.39 is 0 Å². The van der Waals surface area contributed by atoms with Crippen molar-refractivity contribution >= 4 is 5.57 Å². The van der Waals surface area contributed by atoms with Crippen molar-refractivity contribution in [2.75, 3.05) is 6.54 Å². The van der Waals surface area contributed by atoms with E-state index in [1.165, 1.54) is 6.07 Å². The van der Waals surface area contributed by atoms with Crippen LogP contribution in [0.1, 0.15) is 18.9 Å². The minimum atomic E-state index is -0.118. The van der Waals surface area contributed by atoms with Gasteiger partial charge in [-0.2, -0.15) is 0 Å². The monoisotopic (exact) mass is 191 g/mol. The number of hydrogen-bond acceptors (Lipinski definition) is 1. The standard InChI is InChI=1S/C12H14FN/c1-9-8-10(6-7-14-9)11-4-2-3-5-12(11)13/h2-6,9,14H,7-8H2,1H3. The molecule has 1 N–H and O–H groups in total. The maximum absolute atomic E-state index is 13.4. The smallest absolute Gasteiger partial charge is 0.130 e. The van der Waals surface area contributed by atoms with Crippen molar-refractivity contribution in [1.29, 1.82) is 0 Å². The molecule has 0 amide bonds. The average Bonchev–Trinajstić information content (AvgIpc) is 2.18. The second-order valence-corrected chi connectivity index (χ2v) is 3.72. The molecular weight excluding hydrogens is 177 g/mol. The van der Waals surface area contributed by atoms with Crippen molar-refractivity contribution in [1.82, 2.24) is 5.32 Å². The van der Waals surface area contributed by atoms with Crippen LogP contribution in [0.25, 0.3) is 5.57 Å². The summed E-state index contributed by atoms with van der Waals surface area (Å²) in [6, 6.07) is 7.41. The van der Waals surface area contributed by atoms with Crippen LogP contribution in [-0.2, 0) is 0 Å². The largest absolute Gasteiger partial charge is 0.310 e. The minimum Gasteiger partial charge on any atom is -0.310 e. The SMILES string of the molecule is CC1CC(c2ccccc2F)=CCN1. The Labute approximate surface area is 83.6 Å². The molecule has 1 unspecified atom stereocenters. The van der Waals surface area contributed by atoms with Crippen molar-refractivity contribution in [2.24, 2.45) is 0 Å². The van der Waals surface area contributed by atoms with Crippen LogP contribution in [-0.4, -0.2) is 12.6 Å². The Balaban J connectivity index is 2.31. The molecule has 2 rings (SSSR count). The second kappa shape index (κ2) is 3.93. The summed E-state index contributed by atoms with van der Waals surface area (Å²) in [7, 11) is 0. The topological polar surface area (TPSA) is 12.0 Å². The first-order valence-electron chi connectivity index (χ1n) is 4.94. The molecule has 74 valence electrons. The molecule has 0 fully saturated rings. The zero-order valence-corrected chi connectivity index (χ0v) is 8.26. The highest BCUT2D eigenvalue weighted by atomic mass is 19.1. The van der Waals surface area contributed by atoms with Gasteiger partial charge in [0.25, 0.3) is 0 Å². The number of rotatable bonds is 1. The molecule has 0 bridgehead atoms. The lowest BCUT2D eigenvalue weighted by molar-refractivity contribution is 0.573. The lowest BCUT2D eigenvalue weighted by Crippen LogP contribution is -2.30. The van der Waals surface area contributed by atoms with Crippen LogP contribution < -0.4 is 5.32 Å². The van der Waals surface area contributed by atoms with Crippen LogP contribution in [0, 0.1) is 5.82 Å². The molecule has 1 heterocycles. The number of benzene rings is 1. The summed E-state index contributed by atoms with van der Waals surface area (Å²) < 4.78 is 13.4. The summed E-state index contributed by atoms with van der Waals surface area (Å²) >= 11 is 0. The van der Waals surface area contributed by atoms with E-state index in [1.54, 1.807) is 6.07 Å². The highest BCUT2D eigenvalue weighted by Crippen LogP contribution is 2.24. The maximum Gasteiger partial charge on any atom is 0.130 e. The Morgan fingerprint density at radius 3 is 2.86 bits per heavy atom. The van der Waals surface area contributed by atoms with Crippen LogP contribution in [0.4, 0.5) is 4.39 Å². The second-order valence-electron chi connectivity index (χ2n) is 3.72. The molecular formula is C12H14FN. The third-order valence-corrected chi connectivity index (χ3v) is 2.56. The fraction of sp³-hybridized carbons (Fsp3) is 0.333. The van der Waals surface area contributed by atoms with Gasteiger partial charge in [-0.05, 0) is 25.0 Å². The van der Waals surface area contributed by atoms with Crippen molar-refractivity contribution in [2.45, 2.75) is 19.4 Å². The van der Waals surface area contributed by atoms with Crippen molar-refractivity contribution in [3.05, 3.63) is 41.7 Å². The van der Waals surface area contributed by atoms with Crippen LogP contribution in [0.2, 0.25) is 0 Å². The van der Waals surface area contributed by atoms with E-state index in [4.69, 9.17) is 0 Å². The van der Waals surface area contributed by atoms with E-state index in [2.05, 4.69) is 18.3 Å². The Morgan fingerprint density at radius 2 is 2.14 bits per heavy atom. The predicted octanol–water partition coefficient (Wildman–Crippen LogP) is 2.59. The van der Waals surface area contributed by atoms with Gasteiger partial charge in [-0.1, -0.05) is 24.3 Å². The summed E-state index contributed by atoms with van der Waals surface area (Å²) in [4.78, 5) is 0. The van der Waals surface area contributed by atoms with Crippen molar-refractivity contribution in [3.8, 4) is 0 Å². The minimum absolute atomic E-state index is 0.118. The molecule has 0 spiro atoms. The summed E-state index contributed by atoms with van der Waals surface area (Å²) in [5.41, 5.74) is 1.87. The van der Waals surface area contributed by atoms with E-state index >= 15 is 0 Å². The van der Waals surface area contributed by atoms with E-state index in [9.17, 15) is 4.39 Å². The Morgan fingerprint density at radius 1 is 1.36 bits per heavy atom. The molecule has 1 nitrogen and oxygen atoms in total. The summed E-state index contributed by atoms with van der Waals surface area (Å²) in [6.07, 6.45) is 2.97. The number of hydrogen-bond donors (Lipinski definition) is 1. The van der Waals surface area contributed by atoms with Crippen LogP contribution >= 0.6 is 0 Å². The average molecular weight is 191 g/mol. The van der Waals surface area contributed by atoms with Gasteiger partial charge in [0.05, 0.1) is 0 Å². The van der Waals surface area contributed by atoms with E-state index in [-0.39, 0.29) is 5.82 Å². The van der Waals surface area contributed by atoms with Gasteiger partial charge >= 0.3 is 0 Å². The lowest BCUT2D eigenvalue weighted by Gasteiger charge is -2.21. The molecule has 0 radical (unpaired) electrons. The molecule has 14 heavy (non-hydrogen) atoms. The molecule has 1 aromatic rings. The molecule has 0 aromatic heterocycles. The van der Waals surface area contributed by atoms with Gasteiger partial charge in [0.15, 0.2) is 0 Å². The summed E-state index contributed by atoms with van der Waals surface area (Å²) in [5.74, 6) is -0.118. The highest BCUT2D eigenvalue weighted by molar-refractivity contribution is 5.67. The van der Waals surface area contributed by atoms with Gasteiger partial charge in [0.2, 0.25) is 0 Å². The first kappa shape index (κ1) is 9.41. The highest BCUT2D eigenvalue weighted by Gasteiger charge is 2.13. The third kappa shape index (κ3) is 1.85. The normalized spacial score (nSPS) is 21.9. The first-order chi connectivity index (χ1) is 6.77. The maximum atomic E-state index is 13.4. The Hall–Kier alpha value is -1.15.